The Labute approximate surface area is 265 Å². The molecular formula is C35H44N2O8. The molecule has 1 heterocycles. The number of nitrogens with one attached hydrogen (secondary N) is 1. The monoisotopic (exact) mass is 620 g/mol. The summed E-state index contributed by atoms with van der Waals surface area (Å²) in [4.78, 5) is 42.3. The lowest BCUT2D eigenvalue weighted by molar-refractivity contribution is -0.158. The zero-order valence-corrected chi connectivity index (χ0v) is 27.1. The lowest BCUT2D eigenvalue weighted by Gasteiger charge is -2.32. The number of aromatic nitrogens is 1. The molecule has 10 nitrogen and oxygen atoms in total. The van der Waals surface area contributed by atoms with Crippen molar-refractivity contribution in [2.45, 2.75) is 72.6 Å². The van der Waals surface area contributed by atoms with Crippen LogP contribution in [0.25, 0.3) is 11.1 Å². The molecule has 0 aliphatic heterocycles. The molecule has 1 N–H and O–H groups in total. The normalized spacial score (nSPS) is 13.0. The van der Waals surface area contributed by atoms with E-state index >= 15 is 0 Å². The number of rotatable bonds is 16. The minimum absolute atomic E-state index is 0.0251. The maximum absolute atomic E-state index is 13.6. The number of methoxy groups -OCH3 is 1. The van der Waals surface area contributed by atoms with Crippen molar-refractivity contribution in [1.29, 1.82) is 0 Å². The first-order valence-corrected chi connectivity index (χ1v) is 15.2. The molecule has 3 atom stereocenters. The smallest absolute Gasteiger partial charge is 0.329 e. The average molecular weight is 621 g/mol. The van der Waals surface area contributed by atoms with Gasteiger partial charge in [0.1, 0.15) is 24.0 Å². The van der Waals surface area contributed by atoms with Crippen molar-refractivity contribution in [1.82, 2.24) is 10.3 Å². The van der Waals surface area contributed by atoms with E-state index < -0.39 is 42.9 Å². The highest BCUT2D eigenvalue weighted by atomic mass is 16.7. The molecule has 3 aromatic rings. The lowest BCUT2D eigenvalue weighted by Crippen LogP contribution is -2.48. The van der Waals surface area contributed by atoms with E-state index in [1.54, 1.807) is 13.8 Å². The molecule has 0 bridgehead atoms. The largest absolute Gasteiger partial charge is 0.493 e. The second kappa shape index (κ2) is 17.0. The van der Waals surface area contributed by atoms with Crippen molar-refractivity contribution in [3.05, 3.63) is 72.6 Å². The van der Waals surface area contributed by atoms with Crippen LogP contribution in [-0.4, -0.2) is 55.0 Å². The molecule has 1 aromatic heterocycles. The predicted octanol–water partition coefficient (Wildman–Crippen LogP) is 6.23. The summed E-state index contributed by atoms with van der Waals surface area (Å²) in [6, 6.07) is 18.4. The third-order valence-corrected chi connectivity index (χ3v) is 7.47. The number of hydrogen-bond acceptors (Lipinski definition) is 9. The number of ether oxygens (including phenoxy) is 5. The maximum Gasteiger partial charge on any atom is 0.329 e. The zero-order chi connectivity index (χ0) is 32.9. The van der Waals surface area contributed by atoms with E-state index in [2.05, 4.69) is 24.1 Å². The molecule has 3 rings (SSSR count). The van der Waals surface area contributed by atoms with Crippen molar-refractivity contribution < 1.29 is 38.1 Å². The van der Waals surface area contributed by atoms with Gasteiger partial charge < -0.3 is 29.0 Å². The summed E-state index contributed by atoms with van der Waals surface area (Å²) in [5, 5.41) is 2.74. The van der Waals surface area contributed by atoms with E-state index in [1.807, 2.05) is 61.5 Å². The molecule has 0 spiro atoms. The van der Waals surface area contributed by atoms with Gasteiger partial charge in [-0.2, -0.15) is 0 Å². The number of pyridine rings is 1. The van der Waals surface area contributed by atoms with Gasteiger partial charge in [0, 0.05) is 19.2 Å². The fraction of sp³-hybridized carbons (Fsp3) is 0.429. The van der Waals surface area contributed by atoms with Gasteiger partial charge in [0.15, 0.2) is 17.2 Å². The van der Waals surface area contributed by atoms with Crippen LogP contribution in [-0.2, 0) is 19.1 Å². The summed E-state index contributed by atoms with van der Waals surface area (Å²) in [5.74, 6) is -1.19. The van der Waals surface area contributed by atoms with Crippen LogP contribution in [0.15, 0.2) is 66.9 Å². The highest BCUT2D eigenvalue weighted by Crippen LogP contribution is 2.31. The first kappa shape index (κ1) is 34.9. The highest BCUT2D eigenvalue weighted by molar-refractivity contribution is 5.98. The number of esters is 2. The number of nitrogens with zero attached hydrogens (tertiary/aromatic N) is 1. The molecular weight excluding hydrogens is 576 g/mol. The lowest BCUT2D eigenvalue weighted by atomic mass is 9.92. The standard InChI is InChI=1S/C35H44N2O8/c1-8-25(9-2)32(45-28-17-13-16-27(20-28)26-14-11-10-12-15-26)23(5)44-35(40)30(22(3)4)37-34(39)31-33(43-21-42-24(6)38)29(41-7)18-19-36-31/h10-20,22-23,25,30,32H,8-9,21H2,1-7H3,(H,37,39)/t23-,30-,32-/m0/s1. The summed E-state index contributed by atoms with van der Waals surface area (Å²) in [5.41, 5.74) is 1.96. The Morgan fingerprint density at radius 2 is 1.60 bits per heavy atom. The number of carbonyl (C=O) groups excluding carboxylic acids is 3. The zero-order valence-electron chi connectivity index (χ0n) is 27.1. The molecule has 2 aromatic carbocycles. The summed E-state index contributed by atoms with van der Waals surface area (Å²) in [6.07, 6.45) is 1.97. The Kier molecular flexibility index (Phi) is 13.2. The van der Waals surface area contributed by atoms with Crippen molar-refractivity contribution >= 4 is 17.8 Å². The van der Waals surface area contributed by atoms with E-state index in [0.29, 0.717) is 5.75 Å². The Hall–Kier alpha value is -4.60. The van der Waals surface area contributed by atoms with Gasteiger partial charge in [-0.25, -0.2) is 9.78 Å². The van der Waals surface area contributed by atoms with Crippen LogP contribution in [0.2, 0.25) is 0 Å². The molecule has 0 aliphatic rings. The highest BCUT2D eigenvalue weighted by Gasteiger charge is 2.34. The van der Waals surface area contributed by atoms with Gasteiger partial charge in [-0.3, -0.25) is 9.59 Å². The summed E-state index contributed by atoms with van der Waals surface area (Å²) in [7, 11) is 1.40. The van der Waals surface area contributed by atoms with E-state index in [9.17, 15) is 14.4 Å². The number of benzene rings is 2. The van der Waals surface area contributed by atoms with Crippen LogP contribution in [0.5, 0.6) is 17.2 Å². The number of hydrogen-bond donors (Lipinski definition) is 1. The van der Waals surface area contributed by atoms with Gasteiger partial charge in [-0.1, -0.05) is 70.2 Å². The molecule has 0 saturated carbocycles. The second-order valence-corrected chi connectivity index (χ2v) is 11.0. The van der Waals surface area contributed by atoms with Gasteiger partial charge >= 0.3 is 11.9 Å². The van der Waals surface area contributed by atoms with Crippen LogP contribution in [0, 0.1) is 11.8 Å². The van der Waals surface area contributed by atoms with Crippen molar-refractivity contribution in [3.63, 3.8) is 0 Å². The topological polar surface area (TPSA) is 122 Å². The van der Waals surface area contributed by atoms with Crippen LogP contribution in [0.1, 0.15) is 64.9 Å². The Bertz CT molecular complexity index is 1410. The van der Waals surface area contributed by atoms with Gasteiger partial charge in [0.05, 0.1) is 7.11 Å². The molecule has 45 heavy (non-hydrogen) atoms. The average Bonchev–Trinajstić information content (AvgIpc) is 3.03. The van der Waals surface area contributed by atoms with Crippen molar-refractivity contribution in [2.75, 3.05) is 13.9 Å². The molecule has 10 heteroatoms. The van der Waals surface area contributed by atoms with Crippen LogP contribution in [0.4, 0.5) is 0 Å². The van der Waals surface area contributed by atoms with E-state index in [0.717, 1.165) is 24.0 Å². The van der Waals surface area contributed by atoms with Crippen LogP contribution >= 0.6 is 0 Å². The minimum atomic E-state index is -1.00. The van der Waals surface area contributed by atoms with Gasteiger partial charge in [-0.05, 0) is 54.9 Å². The molecule has 0 saturated heterocycles. The number of carbonyl (C=O) groups is 3. The third-order valence-electron chi connectivity index (χ3n) is 7.47. The Morgan fingerprint density at radius 3 is 2.22 bits per heavy atom. The van der Waals surface area contributed by atoms with E-state index in [-0.39, 0.29) is 29.0 Å². The number of amides is 1. The van der Waals surface area contributed by atoms with Crippen LogP contribution < -0.4 is 19.5 Å². The maximum atomic E-state index is 13.6. The third kappa shape index (κ3) is 9.69. The fourth-order valence-corrected chi connectivity index (χ4v) is 4.96. The van der Waals surface area contributed by atoms with Crippen LogP contribution in [0.3, 0.4) is 0 Å². The molecule has 1 amide bonds. The first-order chi connectivity index (χ1) is 21.6. The van der Waals surface area contributed by atoms with E-state index in [1.165, 1.54) is 26.3 Å². The minimum Gasteiger partial charge on any atom is -0.493 e. The van der Waals surface area contributed by atoms with Crippen molar-refractivity contribution in [3.8, 4) is 28.4 Å². The summed E-state index contributed by atoms with van der Waals surface area (Å²) < 4.78 is 28.2. The molecule has 0 aliphatic carbocycles. The predicted molar refractivity (Wildman–Crippen MR) is 170 cm³/mol. The SMILES string of the molecule is CCC(CC)[C@@H](Oc1cccc(-c2ccccc2)c1)[C@H](C)OC(=O)[C@@H](NC(=O)c1nccc(OC)c1OCOC(C)=O)C(C)C. The fourth-order valence-electron chi connectivity index (χ4n) is 4.96. The second-order valence-electron chi connectivity index (χ2n) is 11.0. The Morgan fingerprint density at radius 1 is 0.911 bits per heavy atom. The molecule has 0 radical (unpaired) electrons. The van der Waals surface area contributed by atoms with Gasteiger partial charge in [-0.15, -0.1) is 0 Å². The Balaban J connectivity index is 1.79. The quantitative estimate of drug-likeness (QED) is 0.147. The van der Waals surface area contributed by atoms with Gasteiger partial charge in [0.25, 0.3) is 5.91 Å². The van der Waals surface area contributed by atoms with E-state index in [4.69, 9.17) is 23.7 Å². The summed E-state index contributed by atoms with van der Waals surface area (Å²) in [6.45, 7) is 10.4. The van der Waals surface area contributed by atoms with Crippen molar-refractivity contribution in [2.24, 2.45) is 11.8 Å². The first-order valence-electron chi connectivity index (χ1n) is 15.2. The van der Waals surface area contributed by atoms with Gasteiger partial charge in [0.2, 0.25) is 6.79 Å². The molecule has 242 valence electrons. The summed E-state index contributed by atoms with van der Waals surface area (Å²) >= 11 is 0. The molecule has 0 fully saturated rings. The molecule has 0 unspecified atom stereocenters.